The van der Waals surface area contributed by atoms with Crippen LogP contribution in [0.5, 0.6) is 0 Å². The molecule has 0 N–H and O–H groups in total. The highest BCUT2D eigenvalue weighted by Crippen LogP contribution is 2.09. The average molecular weight is 192 g/mol. The Kier molecular flexibility index (Phi) is 4.78. The van der Waals surface area contributed by atoms with Gasteiger partial charge in [-0.2, -0.15) is 0 Å². The van der Waals surface area contributed by atoms with E-state index >= 15 is 0 Å². The Morgan fingerprint density at radius 1 is 1.25 bits per heavy atom. The maximum absolute atomic E-state index is 5.42. The smallest absolute Gasteiger partial charge is 0.376 e. The van der Waals surface area contributed by atoms with Crippen LogP contribution in [0.15, 0.2) is 0 Å². The van der Waals surface area contributed by atoms with E-state index < -0.39 is 9.53 Å². The summed E-state index contributed by atoms with van der Waals surface area (Å²) in [6.45, 7) is 6.63. The Balaban J connectivity index is 2.03. The fraction of sp³-hybridized carbons (Fsp3) is 1.00. The minimum absolute atomic E-state index is 0.293. The molecule has 1 heterocycles. The van der Waals surface area contributed by atoms with E-state index in [9.17, 15) is 0 Å². The van der Waals surface area contributed by atoms with E-state index in [2.05, 4.69) is 0 Å². The Hall–Kier alpha value is 0.0569. The first-order valence-electron chi connectivity index (χ1n) is 4.33. The van der Waals surface area contributed by atoms with Crippen LogP contribution < -0.4 is 0 Å². The molecule has 0 aromatic heterocycles. The zero-order valence-corrected chi connectivity index (χ0v) is 8.77. The zero-order chi connectivity index (χ0) is 8.81. The van der Waals surface area contributed by atoms with Crippen LogP contribution in [-0.4, -0.2) is 42.1 Å². The third-order valence-corrected chi connectivity index (χ3v) is 3.10. The predicted octanol–water partition coefficient (Wildman–Crippen LogP) is 0.192. The minimum Gasteiger partial charge on any atom is -0.376 e. The fourth-order valence-electron chi connectivity index (χ4n) is 0.767. The van der Waals surface area contributed by atoms with E-state index in [4.69, 9.17) is 18.0 Å². The van der Waals surface area contributed by atoms with Crippen LogP contribution in [0, 0.1) is 0 Å². The lowest BCUT2D eigenvalue weighted by atomic mass is 10.5. The van der Waals surface area contributed by atoms with E-state index in [0.29, 0.717) is 25.9 Å². The number of hydrogen-bond donors (Lipinski definition) is 0. The van der Waals surface area contributed by atoms with Crippen LogP contribution in [0.4, 0.5) is 0 Å². The Morgan fingerprint density at radius 3 is 2.25 bits per heavy atom. The summed E-state index contributed by atoms with van der Waals surface area (Å²) in [7, 11) is -1.83. The van der Waals surface area contributed by atoms with Crippen molar-refractivity contribution >= 4 is 9.53 Å². The number of hydrogen-bond acceptors (Lipinski definition) is 4. The molecular formula is C7H16O4Si. The molecule has 0 amide bonds. The molecule has 1 rings (SSSR count). The summed E-state index contributed by atoms with van der Waals surface area (Å²) in [6, 6.07) is 0. The van der Waals surface area contributed by atoms with Gasteiger partial charge in [0.15, 0.2) is 0 Å². The second kappa shape index (κ2) is 5.66. The predicted molar refractivity (Wildman–Crippen MR) is 46.1 cm³/mol. The Labute approximate surface area is 74.7 Å². The standard InChI is InChI=1S/C7H16O4Si/c1-3-9-12(10-4-2)11-6-7-5-8-7/h7,12H,3-6H2,1-2H3. The van der Waals surface area contributed by atoms with Crippen LogP contribution in [0.25, 0.3) is 0 Å². The molecular weight excluding hydrogens is 176 g/mol. The summed E-state index contributed by atoms with van der Waals surface area (Å²) in [6.07, 6.45) is 0.293. The molecule has 72 valence electrons. The van der Waals surface area contributed by atoms with Gasteiger partial charge in [0.1, 0.15) is 6.10 Å². The van der Waals surface area contributed by atoms with Crippen LogP contribution >= 0.6 is 0 Å². The van der Waals surface area contributed by atoms with E-state index in [1.54, 1.807) is 0 Å². The molecule has 1 aliphatic heterocycles. The van der Waals surface area contributed by atoms with Crippen molar-refractivity contribution in [2.75, 3.05) is 26.4 Å². The van der Waals surface area contributed by atoms with Gasteiger partial charge in [-0.05, 0) is 13.8 Å². The quantitative estimate of drug-likeness (QED) is 0.426. The van der Waals surface area contributed by atoms with Gasteiger partial charge in [0.05, 0.1) is 13.2 Å². The molecule has 1 aliphatic rings. The lowest BCUT2D eigenvalue weighted by Gasteiger charge is -2.13. The highest BCUT2D eigenvalue weighted by molar-refractivity contribution is 6.36. The van der Waals surface area contributed by atoms with Crippen LogP contribution in [0.3, 0.4) is 0 Å². The number of epoxide rings is 1. The van der Waals surface area contributed by atoms with Crippen molar-refractivity contribution in [2.24, 2.45) is 0 Å². The van der Waals surface area contributed by atoms with Crippen molar-refractivity contribution in [3.63, 3.8) is 0 Å². The summed E-state index contributed by atoms with van der Waals surface area (Å²) in [4.78, 5) is 0. The van der Waals surface area contributed by atoms with Crippen molar-refractivity contribution in [3.8, 4) is 0 Å². The highest BCUT2D eigenvalue weighted by atomic mass is 28.3. The van der Waals surface area contributed by atoms with Crippen molar-refractivity contribution < 1.29 is 18.0 Å². The van der Waals surface area contributed by atoms with Gasteiger partial charge in [0.2, 0.25) is 0 Å². The van der Waals surface area contributed by atoms with Crippen LogP contribution in [-0.2, 0) is 18.0 Å². The van der Waals surface area contributed by atoms with E-state index in [1.165, 1.54) is 0 Å². The topological polar surface area (TPSA) is 40.2 Å². The van der Waals surface area contributed by atoms with Crippen molar-refractivity contribution in [2.45, 2.75) is 20.0 Å². The van der Waals surface area contributed by atoms with Gasteiger partial charge < -0.3 is 18.0 Å². The molecule has 0 aromatic rings. The summed E-state index contributed by atoms with van der Waals surface area (Å²) >= 11 is 0. The molecule has 0 bridgehead atoms. The van der Waals surface area contributed by atoms with Crippen LogP contribution in [0.2, 0.25) is 0 Å². The van der Waals surface area contributed by atoms with Gasteiger partial charge in [0, 0.05) is 13.2 Å². The average Bonchev–Trinajstić information content (AvgIpc) is 2.84. The summed E-state index contributed by atoms with van der Waals surface area (Å²) in [5.74, 6) is 0. The number of ether oxygens (including phenoxy) is 1. The van der Waals surface area contributed by atoms with Gasteiger partial charge in [0.25, 0.3) is 0 Å². The maximum atomic E-state index is 5.42. The molecule has 1 fully saturated rings. The second-order valence-electron chi connectivity index (χ2n) is 2.49. The third-order valence-electron chi connectivity index (χ3n) is 1.43. The molecule has 1 saturated heterocycles. The lowest BCUT2D eigenvalue weighted by molar-refractivity contribution is 0.0951. The largest absolute Gasteiger partial charge is 0.484 e. The molecule has 0 spiro atoms. The van der Waals surface area contributed by atoms with Gasteiger partial charge in [-0.3, -0.25) is 0 Å². The first kappa shape index (κ1) is 10.1. The summed E-state index contributed by atoms with van der Waals surface area (Å²) < 4.78 is 21.0. The minimum atomic E-state index is -1.83. The van der Waals surface area contributed by atoms with Gasteiger partial charge in [-0.15, -0.1) is 0 Å². The van der Waals surface area contributed by atoms with Crippen molar-refractivity contribution in [1.82, 2.24) is 0 Å². The second-order valence-corrected chi connectivity index (χ2v) is 4.07. The van der Waals surface area contributed by atoms with Gasteiger partial charge in [-0.25, -0.2) is 0 Å². The maximum Gasteiger partial charge on any atom is 0.484 e. The first-order valence-corrected chi connectivity index (χ1v) is 5.74. The molecule has 0 radical (unpaired) electrons. The van der Waals surface area contributed by atoms with Crippen LogP contribution in [0.1, 0.15) is 13.8 Å². The van der Waals surface area contributed by atoms with Crippen molar-refractivity contribution in [3.05, 3.63) is 0 Å². The van der Waals surface area contributed by atoms with Gasteiger partial charge in [-0.1, -0.05) is 0 Å². The molecule has 12 heavy (non-hydrogen) atoms. The molecule has 0 saturated carbocycles. The zero-order valence-electron chi connectivity index (χ0n) is 7.62. The van der Waals surface area contributed by atoms with E-state index in [1.807, 2.05) is 13.8 Å². The SMILES string of the molecule is CCO[SiH](OCC)OCC1CO1. The molecule has 0 aromatic carbocycles. The van der Waals surface area contributed by atoms with E-state index in [0.717, 1.165) is 6.61 Å². The lowest BCUT2D eigenvalue weighted by Crippen LogP contribution is -2.28. The Morgan fingerprint density at radius 2 is 1.83 bits per heavy atom. The van der Waals surface area contributed by atoms with Crippen molar-refractivity contribution in [1.29, 1.82) is 0 Å². The monoisotopic (exact) mass is 192 g/mol. The molecule has 0 aliphatic carbocycles. The van der Waals surface area contributed by atoms with E-state index in [-0.39, 0.29) is 0 Å². The molecule has 1 atom stereocenters. The summed E-state index contributed by atoms with van der Waals surface area (Å²) in [5, 5.41) is 0. The highest BCUT2D eigenvalue weighted by Gasteiger charge is 2.25. The molecule has 4 nitrogen and oxygen atoms in total. The number of rotatable bonds is 7. The molecule has 1 unspecified atom stereocenters. The molecule has 5 heteroatoms. The normalized spacial score (nSPS) is 21.8. The summed E-state index contributed by atoms with van der Waals surface area (Å²) in [5.41, 5.74) is 0. The first-order chi connectivity index (χ1) is 5.86. The third kappa shape index (κ3) is 4.17. The van der Waals surface area contributed by atoms with Gasteiger partial charge >= 0.3 is 9.53 Å². The fourth-order valence-corrected chi connectivity index (χ4v) is 1.97. The Bertz CT molecular complexity index is 112.